The summed E-state index contributed by atoms with van der Waals surface area (Å²) in [6.07, 6.45) is 0.298. The van der Waals surface area contributed by atoms with Crippen molar-refractivity contribution in [1.29, 1.82) is 0 Å². The molecule has 24 heavy (non-hydrogen) atoms. The van der Waals surface area contributed by atoms with Crippen molar-refractivity contribution in [3.05, 3.63) is 35.4 Å². The number of carboxylic acid groups (broad SMARTS) is 1. The van der Waals surface area contributed by atoms with Crippen molar-refractivity contribution in [1.82, 2.24) is 9.96 Å². The van der Waals surface area contributed by atoms with E-state index in [4.69, 9.17) is 14.7 Å². The van der Waals surface area contributed by atoms with Crippen molar-refractivity contribution in [2.75, 3.05) is 26.3 Å². The second-order valence-corrected chi connectivity index (χ2v) is 5.62. The van der Waals surface area contributed by atoms with Crippen LogP contribution in [0, 0.1) is 0 Å². The fourth-order valence-corrected chi connectivity index (χ4v) is 2.84. The molecule has 1 aromatic carbocycles. The average molecular weight is 334 g/mol. The third-order valence-corrected chi connectivity index (χ3v) is 4.13. The van der Waals surface area contributed by atoms with Gasteiger partial charge in [0.15, 0.2) is 0 Å². The van der Waals surface area contributed by atoms with Crippen LogP contribution in [0.15, 0.2) is 24.3 Å². The van der Waals surface area contributed by atoms with Crippen LogP contribution in [0.5, 0.6) is 0 Å². The number of hydroxylamine groups is 2. The summed E-state index contributed by atoms with van der Waals surface area (Å²) in [7, 11) is 0. The maximum atomic E-state index is 12.1. The summed E-state index contributed by atoms with van der Waals surface area (Å²) in [6.45, 7) is 1.19. The lowest BCUT2D eigenvalue weighted by Crippen LogP contribution is -2.40. The maximum Gasteiger partial charge on any atom is 0.407 e. The van der Waals surface area contributed by atoms with E-state index < -0.39 is 17.9 Å². The molecule has 0 radical (unpaired) electrons. The summed E-state index contributed by atoms with van der Waals surface area (Å²) in [4.78, 5) is 41.6. The molecule has 0 aromatic heterocycles. The van der Waals surface area contributed by atoms with Crippen molar-refractivity contribution in [3.63, 3.8) is 0 Å². The van der Waals surface area contributed by atoms with E-state index in [1.54, 1.807) is 24.3 Å². The van der Waals surface area contributed by atoms with Crippen LogP contribution >= 0.6 is 0 Å². The minimum Gasteiger partial charge on any atom is -0.465 e. The molecular weight excluding hydrogens is 316 g/mol. The highest BCUT2D eigenvalue weighted by atomic mass is 16.7. The third kappa shape index (κ3) is 3.24. The Hall–Kier alpha value is -2.45. The molecule has 0 aliphatic carbocycles. The van der Waals surface area contributed by atoms with Crippen LogP contribution < -0.4 is 0 Å². The van der Waals surface area contributed by atoms with E-state index in [1.165, 1.54) is 4.90 Å². The Morgan fingerprint density at radius 2 is 1.67 bits per heavy atom. The quantitative estimate of drug-likeness (QED) is 0.645. The average Bonchev–Trinajstić information content (AvgIpc) is 2.84. The van der Waals surface area contributed by atoms with Crippen LogP contribution in [0.25, 0.3) is 0 Å². The van der Waals surface area contributed by atoms with E-state index in [1.807, 2.05) is 0 Å². The second-order valence-electron chi connectivity index (χ2n) is 5.62. The molecule has 0 unspecified atom stereocenters. The van der Waals surface area contributed by atoms with E-state index in [0.29, 0.717) is 37.1 Å². The zero-order valence-electron chi connectivity index (χ0n) is 13.0. The smallest absolute Gasteiger partial charge is 0.407 e. The largest absolute Gasteiger partial charge is 0.465 e. The van der Waals surface area contributed by atoms with E-state index in [-0.39, 0.29) is 19.3 Å². The summed E-state index contributed by atoms with van der Waals surface area (Å²) in [6, 6.07) is 6.57. The zero-order valence-corrected chi connectivity index (χ0v) is 13.0. The molecule has 1 N–H and O–H groups in total. The first-order chi connectivity index (χ1) is 11.6. The molecule has 1 saturated heterocycles. The van der Waals surface area contributed by atoms with Gasteiger partial charge in [-0.05, 0) is 25.0 Å². The fraction of sp³-hybridized carbons (Fsp3) is 0.438. The molecule has 0 atom stereocenters. The van der Waals surface area contributed by atoms with E-state index >= 15 is 0 Å². The lowest BCUT2D eigenvalue weighted by Gasteiger charge is -2.29. The SMILES string of the molecule is O=C(O)N1CCC(OCCON2C(=O)c3ccccc3C2=O)CC1. The monoisotopic (exact) mass is 334 g/mol. The molecular formula is C16H18N2O6. The summed E-state index contributed by atoms with van der Waals surface area (Å²) in [5, 5.41) is 9.64. The molecule has 8 heteroatoms. The van der Waals surface area contributed by atoms with E-state index in [2.05, 4.69) is 0 Å². The second kappa shape index (κ2) is 6.98. The highest BCUT2D eigenvalue weighted by Gasteiger charge is 2.36. The Labute approximate surface area is 138 Å². The number of piperidine rings is 1. The van der Waals surface area contributed by atoms with Crippen molar-refractivity contribution in [3.8, 4) is 0 Å². The van der Waals surface area contributed by atoms with Crippen LogP contribution in [0.4, 0.5) is 4.79 Å². The lowest BCUT2D eigenvalue weighted by atomic mass is 10.1. The summed E-state index contributed by atoms with van der Waals surface area (Å²) in [5.74, 6) is -0.935. The fourth-order valence-electron chi connectivity index (χ4n) is 2.84. The molecule has 1 aromatic rings. The summed E-state index contributed by atoms with van der Waals surface area (Å²) in [5.41, 5.74) is 0.675. The van der Waals surface area contributed by atoms with Gasteiger partial charge in [0.2, 0.25) is 0 Å². The van der Waals surface area contributed by atoms with Crippen LogP contribution in [0.1, 0.15) is 33.6 Å². The number of benzene rings is 1. The molecule has 0 bridgehead atoms. The molecule has 3 rings (SSSR count). The number of carbonyl (C=O) groups is 3. The van der Waals surface area contributed by atoms with Gasteiger partial charge >= 0.3 is 6.09 Å². The van der Waals surface area contributed by atoms with Gasteiger partial charge in [-0.1, -0.05) is 12.1 Å². The van der Waals surface area contributed by atoms with Gasteiger partial charge in [-0.2, -0.15) is 0 Å². The van der Waals surface area contributed by atoms with Crippen LogP contribution in [-0.4, -0.2) is 65.4 Å². The Bertz CT molecular complexity index is 619. The van der Waals surface area contributed by atoms with Crippen molar-refractivity contribution < 1.29 is 29.1 Å². The molecule has 0 saturated carbocycles. The van der Waals surface area contributed by atoms with Gasteiger partial charge in [-0.15, -0.1) is 5.06 Å². The number of amides is 3. The van der Waals surface area contributed by atoms with Gasteiger partial charge in [0.1, 0.15) is 0 Å². The number of fused-ring (bicyclic) bond motifs is 1. The Morgan fingerprint density at radius 3 is 2.21 bits per heavy atom. The van der Waals surface area contributed by atoms with E-state index in [0.717, 1.165) is 5.06 Å². The van der Waals surface area contributed by atoms with Crippen LogP contribution in [0.2, 0.25) is 0 Å². The molecule has 0 spiro atoms. The van der Waals surface area contributed by atoms with Gasteiger partial charge in [-0.3, -0.25) is 14.4 Å². The van der Waals surface area contributed by atoms with Crippen molar-refractivity contribution in [2.45, 2.75) is 18.9 Å². The first kappa shape index (κ1) is 16.4. The Morgan fingerprint density at radius 1 is 1.08 bits per heavy atom. The molecule has 2 aliphatic heterocycles. The predicted octanol–water partition coefficient (Wildman–Crippen LogP) is 1.37. The Balaban J connectivity index is 1.41. The standard InChI is InChI=1S/C16H18N2O6/c19-14-12-3-1-2-4-13(12)15(20)18(14)24-10-9-23-11-5-7-17(8-6-11)16(21)22/h1-4,11H,5-10H2,(H,21,22). The van der Waals surface area contributed by atoms with E-state index in [9.17, 15) is 14.4 Å². The molecule has 3 amide bonds. The van der Waals surface area contributed by atoms with Gasteiger partial charge in [-0.25, -0.2) is 4.79 Å². The van der Waals surface area contributed by atoms with Crippen LogP contribution in [0.3, 0.4) is 0 Å². The first-order valence-corrected chi connectivity index (χ1v) is 7.78. The van der Waals surface area contributed by atoms with Crippen molar-refractivity contribution in [2.24, 2.45) is 0 Å². The normalized spacial score (nSPS) is 18.2. The Kier molecular flexibility index (Phi) is 4.77. The van der Waals surface area contributed by atoms with Gasteiger partial charge < -0.3 is 14.7 Å². The molecule has 1 fully saturated rings. The number of hydrogen-bond donors (Lipinski definition) is 1. The van der Waals surface area contributed by atoms with Gasteiger partial charge in [0, 0.05) is 13.1 Å². The minimum atomic E-state index is -0.914. The molecule has 128 valence electrons. The van der Waals surface area contributed by atoms with Gasteiger partial charge in [0.25, 0.3) is 11.8 Å². The summed E-state index contributed by atoms with van der Waals surface area (Å²) < 4.78 is 5.62. The number of imide groups is 1. The topological polar surface area (TPSA) is 96.4 Å². The lowest BCUT2D eigenvalue weighted by molar-refractivity contribution is -0.115. The maximum absolute atomic E-state index is 12.1. The molecule has 8 nitrogen and oxygen atoms in total. The highest BCUT2D eigenvalue weighted by Crippen LogP contribution is 2.22. The zero-order chi connectivity index (χ0) is 17.1. The number of ether oxygens (including phenoxy) is 1. The highest BCUT2D eigenvalue weighted by molar-refractivity contribution is 6.20. The number of hydrogen-bond acceptors (Lipinski definition) is 5. The van der Waals surface area contributed by atoms with Gasteiger partial charge in [0.05, 0.1) is 30.4 Å². The first-order valence-electron chi connectivity index (χ1n) is 7.78. The van der Waals surface area contributed by atoms with Crippen molar-refractivity contribution >= 4 is 17.9 Å². The predicted molar refractivity (Wildman–Crippen MR) is 81.5 cm³/mol. The molecule has 2 aliphatic rings. The number of nitrogens with zero attached hydrogens (tertiary/aromatic N) is 2. The van der Waals surface area contributed by atoms with Crippen LogP contribution in [-0.2, 0) is 9.57 Å². The number of carbonyl (C=O) groups excluding carboxylic acids is 2. The third-order valence-electron chi connectivity index (χ3n) is 4.13. The molecule has 2 heterocycles. The number of likely N-dealkylation sites (tertiary alicyclic amines) is 1. The summed E-state index contributed by atoms with van der Waals surface area (Å²) >= 11 is 0. The number of rotatable bonds is 5. The minimum absolute atomic E-state index is 0.0358.